The van der Waals surface area contributed by atoms with Crippen LogP contribution in [-0.4, -0.2) is 23.6 Å². The van der Waals surface area contributed by atoms with Gasteiger partial charge in [0.25, 0.3) is 5.91 Å². The van der Waals surface area contributed by atoms with Gasteiger partial charge in [0.2, 0.25) is 0 Å². The monoisotopic (exact) mass is 427 g/mol. The molecule has 0 spiro atoms. The number of carbonyl (C=O) groups is 2. The fourth-order valence-corrected chi connectivity index (χ4v) is 3.00. The zero-order chi connectivity index (χ0) is 22.6. The number of nitriles is 1. The van der Waals surface area contributed by atoms with Gasteiger partial charge in [0, 0.05) is 28.4 Å². The van der Waals surface area contributed by atoms with Gasteiger partial charge in [-0.05, 0) is 30.3 Å². The molecular weight excluding hydrogens is 411 g/mol. The van der Waals surface area contributed by atoms with Gasteiger partial charge in [-0.2, -0.15) is 18.4 Å². The molecule has 31 heavy (non-hydrogen) atoms. The van der Waals surface area contributed by atoms with Gasteiger partial charge < -0.3 is 14.6 Å². The van der Waals surface area contributed by atoms with Gasteiger partial charge in [-0.3, -0.25) is 9.59 Å². The van der Waals surface area contributed by atoms with Crippen LogP contribution in [0.2, 0.25) is 0 Å². The van der Waals surface area contributed by atoms with Crippen molar-refractivity contribution in [3.63, 3.8) is 0 Å². The number of hydrogen-bond acceptors (Lipinski definition) is 4. The van der Waals surface area contributed by atoms with E-state index >= 15 is 0 Å². The van der Waals surface area contributed by atoms with E-state index in [-0.39, 0.29) is 17.8 Å². The molecule has 1 N–H and O–H groups in total. The molecule has 1 amide bonds. The molecule has 2 aromatic carbocycles. The van der Waals surface area contributed by atoms with Crippen molar-refractivity contribution in [2.75, 3.05) is 12.4 Å². The van der Waals surface area contributed by atoms with E-state index in [4.69, 9.17) is 0 Å². The van der Waals surface area contributed by atoms with Crippen molar-refractivity contribution in [2.45, 2.75) is 12.7 Å². The molecule has 0 aliphatic rings. The summed E-state index contributed by atoms with van der Waals surface area (Å²) in [5.41, 5.74) is -0.129. The van der Waals surface area contributed by atoms with Crippen LogP contribution in [0.1, 0.15) is 11.1 Å². The molecule has 0 aliphatic heterocycles. The van der Waals surface area contributed by atoms with Gasteiger partial charge in [0.15, 0.2) is 0 Å². The molecule has 0 fully saturated rings. The van der Waals surface area contributed by atoms with E-state index in [1.54, 1.807) is 41.1 Å². The molecule has 0 aliphatic carbocycles. The van der Waals surface area contributed by atoms with Crippen LogP contribution in [-0.2, 0) is 27.0 Å². The number of anilines is 1. The number of hydrogen-bond donors (Lipinski definition) is 1. The summed E-state index contributed by atoms with van der Waals surface area (Å²) >= 11 is 0. The summed E-state index contributed by atoms with van der Waals surface area (Å²) in [6, 6.07) is 13.0. The molecule has 0 saturated heterocycles. The summed E-state index contributed by atoms with van der Waals surface area (Å²) in [5.74, 6) is -1.33. The average molecular weight is 427 g/mol. The normalized spacial score (nSPS) is 11.8. The maximum Gasteiger partial charge on any atom is 0.416 e. The minimum atomic E-state index is -4.56. The maximum atomic E-state index is 12.9. The maximum absolute atomic E-state index is 12.9. The Hall–Kier alpha value is -4.06. The Bertz CT molecular complexity index is 1220. The SMILES string of the molecule is COC(=O)Cn1cc(/C=C(/C#N)C(=O)Nc2cccc(C(F)(F)F)c2)c2ccccc21. The topological polar surface area (TPSA) is 84.1 Å². The second-order valence-electron chi connectivity index (χ2n) is 6.51. The van der Waals surface area contributed by atoms with Gasteiger partial charge >= 0.3 is 12.1 Å². The van der Waals surface area contributed by atoms with Gasteiger partial charge in [-0.25, -0.2) is 0 Å². The largest absolute Gasteiger partial charge is 0.468 e. The number of nitrogens with one attached hydrogen (secondary N) is 1. The minimum absolute atomic E-state index is 0.0663. The van der Waals surface area contributed by atoms with E-state index in [1.807, 2.05) is 0 Å². The molecule has 9 heteroatoms. The highest BCUT2D eigenvalue weighted by molar-refractivity contribution is 6.10. The van der Waals surface area contributed by atoms with Crippen molar-refractivity contribution in [2.24, 2.45) is 0 Å². The number of rotatable bonds is 5. The number of amides is 1. The third kappa shape index (κ3) is 4.93. The smallest absolute Gasteiger partial charge is 0.416 e. The Labute approximate surface area is 175 Å². The molecule has 0 bridgehead atoms. The van der Waals surface area contributed by atoms with E-state index in [0.717, 1.165) is 18.2 Å². The van der Waals surface area contributed by atoms with Crippen LogP contribution in [0.15, 0.2) is 60.3 Å². The van der Waals surface area contributed by atoms with Crippen molar-refractivity contribution in [3.8, 4) is 6.07 Å². The Morgan fingerprint density at radius 1 is 1.19 bits per heavy atom. The molecule has 1 aromatic heterocycles. The van der Waals surface area contributed by atoms with Gasteiger partial charge in [-0.15, -0.1) is 0 Å². The van der Waals surface area contributed by atoms with Crippen LogP contribution in [0.4, 0.5) is 18.9 Å². The molecule has 0 radical (unpaired) electrons. The number of methoxy groups -OCH3 is 1. The number of esters is 1. The number of aromatic nitrogens is 1. The summed E-state index contributed by atoms with van der Waals surface area (Å²) < 4.78 is 44.9. The standard InChI is InChI=1S/C22H16F3N3O3/c1-31-20(29)13-28-12-15(18-7-2-3-8-19(18)28)9-14(11-26)21(30)27-17-6-4-5-16(10-17)22(23,24)25/h2-10,12H,13H2,1H3,(H,27,30)/b14-9-. The van der Waals surface area contributed by atoms with Crippen LogP contribution < -0.4 is 5.32 Å². The van der Waals surface area contributed by atoms with Crippen LogP contribution in [0.3, 0.4) is 0 Å². The average Bonchev–Trinajstić information content (AvgIpc) is 3.08. The van der Waals surface area contributed by atoms with Gasteiger partial charge in [-0.1, -0.05) is 24.3 Å². The minimum Gasteiger partial charge on any atom is -0.468 e. The van der Waals surface area contributed by atoms with E-state index in [9.17, 15) is 28.0 Å². The summed E-state index contributed by atoms with van der Waals surface area (Å²) in [4.78, 5) is 24.2. The van der Waals surface area contributed by atoms with Crippen molar-refractivity contribution >= 4 is 34.5 Å². The molecule has 0 saturated carbocycles. The Morgan fingerprint density at radius 3 is 2.61 bits per heavy atom. The number of halogens is 3. The van der Waals surface area contributed by atoms with Crippen LogP contribution in [0.25, 0.3) is 17.0 Å². The third-order valence-electron chi connectivity index (χ3n) is 4.46. The fraction of sp³-hybridized carbons (Fsp3) is 0.136. The quantitative estimate of drug-likeness (QED) is 0.372. The highest BCUT2D eigenvalue weighted by Gasteiger charge is 2.30. The second-order valence-corrected chi connectivity index (χ2v) is 6.51. The number of ether oxygens (including phenoxy) is 1. The Kier molecular flexibility index (Phi) is 6.11. The molecular formula is C22H16F3N3O3. The third-order valence-corrected chi connectivity index (χ3v) is 4.46. The zero-order valence-corrected chi connectivity index (χ0v) is 16.2. The summed E-state index contributed by atoms with van der Waals surface area (Å²) in [7, 11) is 1.26. The van der Waals surface area contributed by atoms with Crippen molar-refractivity contribution in [1.29, 1.82) is 5.26 Å². The molecule has 1 heterocycles. The lowest BCUT2D eigenvalue weighted by atomic mass is 10.1. The second kappa shape index (κ2) is 8.75. The van der Waals surface area contributed by atoms with Crippen molar-refractivity contribution in [3.05, 3.63) is 71.4 Å². The van der Waals surface area contributed by atoms with Crippen LogP contribution in [0.5, 0.6) is 0 Å². The highest BCUT2D eigenvalue weighted by atomic mass is 19.4. The summed E-state index contributed by atoms with van der Waals surface area (Å²) in [6.07, 6.45) is -1.65. The lowest BCUT2D eigenvalue weighted by molar-refractivity contribution is -0.141. The number of benzene rings is 2. The molecule has 0 atom stereocenters. The summed E-state index contributed by atoms with van der Waals surface area (Å²) in [5, 5.41) is 12.4. The first kappa shape index (κ1) is 21.6. The molecule has 3 rings (SSSR count). The molecule has 6 nitrogen and oxygen atoms in total. The number of para-hydroxylation sites is 1. The van der Waals surface area contributed by atoms with E-state index < -0.39 is 23.6 Å². The van der Waals surface area contributed by atoms with Gasteiger partial charge in [0.1, 0.15) is 18.2 Å². The number of fused-ring (bicyclic) bond motifs is 1. The number of nitrogens with zero attached hydrogens (tertiary/aromatic N) is 2. The first-order valence-corrected chi connectivity index (χ1v) is 8.98. The highest BCUT2D eigenvalue weighted by Crippen LogP contribution is 2.31. The Morgan fingerprint density at radius 2 is 1.94 bits per heavy atom. The predicted octanol–water partition coefficient (Wildman–Crippen LogP) is 4.38. The molecule has 0 unspecified atom stereocenters. The van der Waals surface area contributed by atoms with E-state index in [0.29, 0.717) is 16.5 Å². The molecule has 158 valence electrons. The van der Waals surface area contributed by atoms with Crippen molar-refractivity contribution < 1.29 is 27.5 Å². The zero-order valence-electron chi connectivity index (χ0n) is 16.2. The van der Waals surface area contributed by atoms with E-state index in [2.05, 4.69) is 10.1 Å². The van der Waals surface area contributed by atoms with Crippen molar-refractivity contribution in [1.82, 2.24) is 4.57 Å². The Balaban J connectivity index is 1.93. The van der Waals surface area contributed by atoms with Gasteiger partial charge in [0.05, 0.1) is 12.7 Å². The lowest BCUT2D eigenvalue weighted by Gasteiger charge is -2.09. The first-order valence-electron chi connectivity index (χ1n) is 8.98. The lowest BCUT2D eigenvalue weighted by Crippen LogP contribution is -2.14. The number of carbonyl (C=O) groups excluding carboxylic acids is 2. The van der Waals surface area contributed by atoms with E-state index in [1.165, 1.54) is 19.3 Å². The molecule has 3 aromatic rings. The fourth-order valence-electron chi connectivity index (χ4n) is 3.00. The van der Waals surface area contributed by atoms with Crippen LogP contribution >= 0.6 is 0 Å². The predicted molar refractivity (Wildman–Crippen MR) is 108 cm³/mol. The first-order chi connectivity index (χ1) is 14.7. The number of alkyl halides is 3. The summed E-state index contributed by atoms with van der Waals surface area (Å²) in [6.45, 7) is -0.0663. The van der Waals surface area contributed by atoms with Crippen LogP contribution in [0, 0.1) is 11.3 Å².